The zero-order chi connectivity index (χ0) is 16.3. The van der Waals surface area contributed by atoms with Crippen molar-refractivity contribution in [2.24, 2.45) is 14.1 Å². The number of nitriles is 1. The number of alkyl halides is 2. The number of hydrogen-bond acceptors (Lipinski definition) is 2. The van der Waals surface area contributed by atoms with Gasteiger partial charge in [0.2, 0.25) is 6.71 Å². The van der Waals surface area contributed by atoms with Gasteiger partial charge in [0, 0.05) is 0 Å². The van der Waals surface area contributed by atoms with Crippen LogP contribution in [0.4, 0.5) is 8.78 Å². The number of imidazole rings is 1. The van der Waals surface area contributed by atoms with E-state index in [0.29, 0.717) is 11.3 Å². The van der Waals surface area contributed by atoms with Gasteiger partial charge in [-0.1, -0.05) is 12.1 Å². The summed E-state index contributed by atoms with van der Waals surface area (Å²) in [6, 6.07) is 6.45. The number of aryl methyl sites for hydroxylation is 2. The molecule has 0 saturated carbocycles. The van der Waals surface area contributed by atoms with Gasteiger partial charge in [-0.25, -0.2) is 0 Å². The van der Waals surface area contributed by atoms with Crippen LogP contribution < -0.4 is 15.0 Å². The minimum atomic E-state index is -3.17. The van der Waals surface area contributed by atoms with Crippen molar-refractivity contribution in [1.29, 1.82) is 5.26 Å². The number of benzene rings is 1. The molecule has 0 aliphatic rings. The normalized spacial score (nSPS) is 11.5. The first-order chi connectivity index (χ1) is 10.4. The van der Waals surface area contributed by atoms with Crippen LogP contribution in [0, 0.1) is 11.2 Å². The largest absolute Gasteiger partial charge is 0.497 e. The van der Waals surface area contributed by atoms with Crippen molar-refractivity contribution in [2.75, 3.05) is 7.11 Å². The van der Waals surface area contributed by atoms with Crippen LogP contribution >= 0.6 is 0 Å². The molecule has 1 radical (unpaired) electrons. The Morgan fingerprint density at radius 1 is 1.36 bits per heavy atom. The maximum atomic E-state index is 14.6. The molecule has 1 aromatic heterocycles. The predicted molar refractivity (Wildman–Crippen MR) is 79.2 cm³/mol. The van der Waals surface area contributed by atoms with Gasteiger partial charge in [-0.2, -0.15) is 5.97 Å². The van der Waals surface area contributed by atoms with Gasteiger partial charge in [0.25, 0.3) is 0 Å². The maximum absolute atomic E-state index is 14.6. The monoisotopic (exact) mass is 304 g/mol. The van der Waals surface area contributed by atoms with Crippen molar-refractivity contribution < 1.29 is 18.1 Å². The lowest BCUT2D eigenvalue weighted by Gasteiger charge is -2.28. The van der Waals surface area contributed by atoms with Crippen molar-refractivity contribution in [3.8, 4) is 11.7 Å². The lowest BCUT2D eigenvalue weighted by atomic mass is 9.44. The van der Waals surface area contributed by atoms with Gasteiger partial charge < -0.3 is 4.74 Å². The van der Waals surface area contributed by atoms with Gasteiger partial charge in [-0.3, -0.25) is 23.2 Å². The van der Waals surface area contributed by atoms with Crippen LogP contribution in [0.15, 0.2) is 36.7 Å². The molecule has 0 spiro atoms. The molecule has 1 heterocycles. The number of rotatable bonds is 5. The molecule has 2 rings (SSSR count). The van der Waals surface area contributed by atoms with E-state index >= 15 is 0 Å². The highest BCUT2D eigenvalue weighted by molar-refractivity contribution is 6.80. The molecule has 0 bridgehead atoms. The third-order valence-corrected chi connectivity index (χ3v) is 3.65. The van der Waals surface area contributed by atoms with Crippen LogP contribution in [-0.4, -0.2) is 24.2 Å². The fraction of sp³-hybridized carbons (Fsp3) is 0.333. The summed E-state index contributed by atoms with van der Waals surface area (Å²) >= 11 is 0. The minimum absolute atomic E-state index is 0.279. The van der Waals surface area contributed by atoms with Gasteiger partial charge in [-0.15, -0.1) is 0 Å². The minimum Gasteiger partial charge on any atom is -0.497 e. The summed E-state index contributed by atoms with van der Waals surface area (Å²) in [4.78, 5) is 0. The van der Waals surface area contributed by atoms with E-state index in [2.05, 4.69) is 0 Å². The molecule has 0 unspecified atom stereocenters. The molecule has 7 heteroatoms. The smallest absolute Gasteiger partial charge is 0.205 e. The number of halogens is 2. The van der Waals surface area contributed by atoms with Gasteiger partial charge >= 0.3 is 0 Å². The summed E-state index contributed by atoms with van der Waals surface area (Å²) < 4.78 is 37.3. The van der Waals surface area contributed by atoms with Crippen LogP contribution in [-0.2, 0) is 20.5 Å². The lowest BCUT2D eigenvalue weighted by molar-refractivity contribution is -0.653. The van der Waals surface area contributed by atoms with Crippen molar-refractivity contribution in [3.63, 3.8) is 0 Å². The molecule has 0 fully saturated rings. The van der Waals surface area contributed by atoms with E-state index in [9.17, 15) is 14.0 Å². The lowest BCUT2D eigenvalue weighted by Crippen LogP contribution is -2.62. The summed E-state index contributed by atoms with van der Waals surface area (Å²) in [6.45, 7) is -1.51. The number of ether oxygens (including phenoxy) is 1. The van der Waals surface area contributed by atoms with E-state index in [1.54, 1.807) is 65.9 Å². The summed E-state index contributed by atoms with van der Waals surface area (Å²) in [5, 5.41) is 9.27. The number of nitrogens with zero attached hydrogens (tertiary/aromatic N) is 3. The molecule has 0 amide bonds. The second kappa shape index (κ2) is 6.18. The highest BCUT2D eigenvalue weighted by Gasteiger charge is 2.37. The third kappa shape index (κ3) is 3.11. The highest BCUT2D eigenvalue weighted by Crippen LogP contribution is 2.24. The Balaban J connectivity index is 2.29. The van der Waals surface area contributed by atoms with Gasteiger partial charge in [0.1, 0.15) is 24.0 Å². The molecule has 0 atom stereocenters. The van der Waals surface area contributed by atoms with Crippen molar-refractivity contribution in [2.45, 2.75) is 12.2 Å². The fourth-order valence-corrected chi connectivity index (χ4v) is 2.47. The van der Waals surface area contributed by atoms with Gasteiger partial charge in [0.15, 0.2) is 0 Å². The average molecular weight is 304 g/mol. The number of hydrogen-bond donors (Lipinski definition) is 0. The molecule has 1 aromatic carbocycles. The molecule has 0 saturated heterocycles. The number of methoxy groups -OCH3 is 1. The Labute approximate surface area is 128 Å². The highest BCUT2D eigenvalue weighted by atomic mass is 19.3. The van der Waals surface area contributed by atoms with Crippen molar-refractivity contribution in [3.05, 3.63) is 42.2 Å². The molecule has 2 aromatic rings. The second-order valence-corrected chi connectivity index (χ2v) is 5.23. The van der Waals surface area contributed by atoms with Crippen LogP contribution in [0.5, 0.6) is 5.75 Å². The molecule has 0 aliphatic carbocycles. The average Bonchev–Trinajstić information content (AvgIpc) is 2.80. The second-order valence-electron chi connectivity index (χ2n) is 5.23. The zero-order valence-electron chi connectivity index (χ0n) is 12.8. The fourth-order valence-electron chi connectivity index (χ4n) is 2.47. The quantitative estimate of drug-likeness (QED) is 0.612. The van der Waals surface area contributed by atoms with E-state index in [-0.39, 0.29) is 5.72 Å². The Kier molecular flexibility index (Phi) is 4.50. The molecular formula is C15H17BF2N3O. The summed E-state index contributed by atoms with van der Waals surface area (Å²) in [7, 11) is 4.83. The first-order valence-electron chi connectivity index (χ1n) is 6.80. The topological polar surface area (TPSA) is 41.8 Å². The predicted octanol–water partition coefficient (Wildman–Crippen LogP) is 1.04. The van der Waals surface area contributed by atoms with Crippen molar-refractivity contribution >= 4 is 12.4 Å². The van der Waals surface area contributed by atoms with E-state index in [4.69, 9.17) is 4.74 Å². The Morgan fingerprint density at radius 2 is 2.00 bits per heavy atom. The summed E-state index contributed by atoms with van der Waals surface area (Å²) in [5.41, 5.74) is 0.740. The van der Waals surface area contributed by atoms with Crippen LogP contribution in [0.2, 0.25) is 0 Å². The van der Waals surface area contributed by atoms with Crippen LogP contribution in [0.25, 0.3) is 0 Å². The molecule has 22 heavy (non-hydrogen) atoms. The van der Waals surface area contributed by atoms with Crippen molar-refractivity contribution in [1.82, 2.24) is 4.57 Å². The van der Waals surface area contributed by atoms with Crippen LogP contribution in [0.1, 0.15) is 5.56 Å². The van der Waals surface area contributed by atoms with Gasteiger partial charge in [-0.05, 0) is 24.1 Å². The van der Waals surface area contributed by atoms with Crippen LogP contribution in [0.3, 0.4) is 0 Å². The Morgan fingerprint density at radius 3 is 2.45 bits per heavy atom. The SMILES string of the molecule is COc1ccc(CC(F)(F)[B-](C#N)c2n(C)cc[n+]2C)cc1. The summed E-state index contributed by atoms with van der Waals surface area (Å²) in [6.07, 6.45) is 2.81. The third-order valence-electron chi connectivity index (χ3n) is 3.65. The van der Waals surface area contributed by atoms with Gasteiger partial charge in [0.05, 0.1) is 26.9 Å². The molecule has 4 nitrogen and oxygen atoms in total. The first kappa shape index (κ1) is 16.0. The standard InChI is InChI=1S/C15H17BF2N3O/c1-20-8-9-21(2)14(20)16(11-19)15(17,18)10-12-4-6-13(22-3)7-5-12/h4-9H,10H2,1-3H3. The Hall–Kier alpha value is -2.36. The summed E-state index contributed by atoms with van der Waals surface area (Å²) in [5.74, 6) is -0.812. The molecule has 0 aliphatic heterocycles. The maximum Gasteiger partial charge on any atom is 0.205 e. The molecular weight excluding hydrogens is 287 g/mol. The zero-order valence-corrected chi connectivity index (χ0v) is 12.8. The van der Waals surface area contributed by atoms with E-state index in [0.717, 1.165) is 0 Å². The van der Waals surface area contributed by atoms with E-state index < -0.39 is 19.0 Å². The molecule has 115 valence electrons. The number of aromatic nitrogens is 2. The Bertz CT molecular complexity index is 672. The first-order valence-corrected chi connectivity index (χ1v) is 6.80. The van der Waals surface area contributed by atoms with E-state index in [1.807, 2.05) is 0 Å². The van der Waals surface area contributed by atoms with E-state index in [1.165, 1.54) is 7.11 Å². The molecule has 0 N–H and O–H groups in total.